The Morgan fingerprint density at radius 3 is 2.56 bits per heavy atom. The number of hydrogen-bond donors (Lipinski definition) is 1. The molecule has 0 fully saturated rings. The Kier molecular flexibility index (Phi) is 4.61. The molecule has 5 heteroatoms. The number of ether oxygens (including phenoxy) is 1. The lowest BCUT2D eigenvalue weighted by Gasteiger charge is -2.11. The number of benzene rings is 1. The number of hydrogen-bond acceptors (Lipinski definition) is 2. The zero-order valence-corrected chi connectivity index (χ0v) is 8.97. The summed E-state index contributed by atoms with van der Waals surface area (Å²) in [5.41, 5.74) is 5.43. The van der Waals surface area contributed by atoms with Gasteiger partial charge in [-0.1, -0.05) is 0 Å². The van der Waals surface area contributed by atoms with Crippen LogP contribution in [0.1, 0.15) is 24.0 Å². The highest BCUT2D eigenvalue weighted by Gasteiger charge is 2.15. The lowest BCUT2D eigenvalue weighted by atomic mass is 10.0. The summed E-state index contributed by atoms with van der Waals surface area (Å²) in [6.07, 6.45) is -1.66. The molecule has 1 aromatic carbocycles. The zero-order valence-electron chi connectivity index (χ0n) is 8.97. The SMILES string of the molecule is COc1c(F)cc(C(F)F)cc1CCCN. The number of rotatable bonds is 5. The Balaban J connectivity index is 3.09. The van der Waals surface area contributed by atoms with Crippen molar-refractivity contribution in [2.24, 2.45) is 5.73 Å². The van der Waals surface area contributed by atoms with Crippen LogP contribution in [-0.2, 0) is 6.42 Å². The molecule has 90 valence electrons. The van der Waals surface area contributed by atoms with E-state index in [1.54, 1.807) is 0 Å². The van der Waals surface area contributed by atoms with Crippen LogP contribution >= 0.6 is 0 Å². The molecule has 0 saturated heterocycles. The van der Waals surface area contributed by atoms with E-state index < -0.39 is 12.2 Å². The van der Waals surface area contributed by atoms with Gasteiger partial charge in [0.25, 0.3) is 6.43 Å². The van der Waals surface area contributed by atoms with Gasteiger partial charge in [-0.25, -0.2) is 13.2 Å². The number of aryl methyl sites for hydroxylation is 1. The maximum atomic E-state index is 13.4. The van der Waals surface area contributed by atoms with Crippen LogP contribution in [0, 0.1) is 5.82 Å². The first kappa shape index (κ1) is 12.8. The Morgan fingerprint density at radius 1 is 1.38 bits per heavy atom. The van der Waals surface area contributed by atoms with Gasteiger partial charge in [-0.3, -0.25) is 0 Å². The fourth-order valence-electron chi connectivity index (χ4n) is 1.51. The normalized spacial score (nSPS) is 10.9. The van der Waals surface area contributed by atoms with E-state index >= 15 is 0 Å². The molecule has 1 rings (SSSR count). The third-order valence-electron chi connectivity index (χ3n) is 2.25. The van der Waals surface area contributed by atoms with E-state index in [9.17, 15) is 13.2 Å². The molecule has 1 aromatic rings. The van der Waals surface area contributed by atoms with E-state index in [1.165, 1.54) is 13.2 Å². The fourth-order valence-corrected chi connectivity index (χ4v) is 1.51. The zero-order chi connectivity index (χ0) is 12.1. The molecule has 0 unspecified atom stereocenters. The molecule has 0 aliphatic carbocycles. The molecule has 16 heavy (non-hydrogen) atoms. The van der Waals surface area contributed by atoms with Crippen LogP contribution < -0.4 is 10.5 Å². The van der Waals surface area contributed by atoms with Gasteiger partial charge in [-0.05, 0) is 37.1 Å². The van der Waals surface area contributed by atoms with Crippen molar-refractivity contribution in [1.82, 2.24) is 0 Å². The smallest absolute Gasteiger partial charge is 0.263 e. The van der Waals surface area contributed by atoms with Crippen molar-refractivity contribution in [3.8, 4) is 5.75 Å². The summed E-state index contributed by atoms with van der Waals surface area (Å²) in [5.74, 6) is -0.731. The standard InChI is InChI=1S/C11H14F3NO/c1-16-10-7(3-2-4-15)5-8(11(13)14)6-9(10)12/h5-6,11H,2-4,15H2,1H3. The minimum atomic E-state index is -2.68. The lowest BCUT2D eigenvalue weighted by Crippen LogP contribution is -2.03. The molecule has 2 N–H and O–H groups in total. The molecular formula is C11H14F3NO. The number of nitrogens with two attached hydrogens (primary N) is 1. The summed E-state index contributed by atoms with van der Waals surface area (Å²) in [4.78, 5) is 0. The van der Waals surface area contributed by atoms with Gasteiger partial charge in [-0.2, -0.15) is 0 Å². The van der Waals surface area contributed by atoms with Gasteiger partial charge < -0.3 is 10.5 Å². The van der Waals surface area contributed by atoms with Crippen LogP contribution in [0.3, 0.4) is 0 Å². The first-order chi connectivity index (χ1) is 7.60. The van der Waals surface area contributed by atoms with Gasteiger partial charge in [0.05, 0.1) is 7.11 Å². The fraction of sp³-hybridized carbons (Fsp3) is 0.455. The first-order valence-electron chi connectivity index (χ1n) is 4.94. The minimum Gasteiger partial charge on any atom is -0.493 e. The summed E-state index contributed by atoms with van der Waals surface area (Å²) < 4.78 is 43.2. The Hall–Kier alpha value is -1.23. The van der Waals surface area contributed by atoms with E-state index in [4.69, 9.17) is 10.5 Å². The van der Waals surface area contributed by atoms with Gasteiger partial charge in [-0.15, -0.1) is 0 Å². The largest absolute Gasteiger partial charge is 0.493 e. The van der Waals surface area contributed by atoms with Gasteiger partial charge in [0, 0.05) is 5.56 Å². The highest BCUT2D eigenvalue weighted by Crippen LogP contribution is 2.29. The molecule has 2 nitrogen and oxygen atoms in total. The number of methoxy groups -OCH3 is 1. The van der Waals surface area contributed by atoms with Gasteiger partial charge in [0.1, 0.15) is 0 Å². The highest BCUT2D eigenvalue weighted by atomic mass is 19.3. The van der Waals surface area contributed by atoms with Crippen molar-refractivity contribution >= 4 is 0 Å². The van der Waals surface area contributed by atoms with Crippen LogP contribution in [0.2, 0.25) is 0 Å². The minimum absolute atomic E-state index is 0.0258. The molecule has 0 amide bonds. The molecule has 0 saturated carbocycles. The van der Waals surface area contributed by atoms with Crippen molar-refractivity contribution in [1.29, 1.82) is 0 Å². The van der Waals surface area contributed by atoms with Crippen molar-refractivity contribution in [2.75, 3.05) is 13.7 Å². The average Bonchev–Trinajstić information content (AvgIpc) is 2.25. The van der Waals surface area contributed by atoms with Crippen LogP contribution in [0.5, 0.6) is 5.75 Å². The number of alkyl halides is 2. The number of halogens is 3. The van der Waals surface area contributed by atoms with E-state index in [-0.39, 0.29) is 11.3 Å². The second-order valence-corrected chi connectivity index (χ2v) is 3.39. The summed E-state index contributed by atoms with van der Waals surface area (Å²) in [6.45, 7) is 0.420. The van der Waals surface area contributed by atoms with Crippen molar-refractivity contribution in [2.45, 2.75) is 19.3 Å². The van der Waals surface area contributed by atoms with E-state index in [0.29, 0.717) is 24.9 Å². The summed E-state index contributed by atoms with van der Waals surface area (Å²) >= 11 is 0. The second-order valence-electron chi connectivity index (χ2n) is 3.39. The summed E-state index contributed by atoms with van der Waals surface area (Å²) in [6, 6.07) is 2.07. The topological polar surface area (TPSA) is 35.2 Å². The lowest BCUT2D eigenvalue weighted by molar-refractivity contribution is 0.150. The van der Waals surface area contributed by atoms with Crippen LogP contribution in [-0.4, -0.2) is 13.7 Å². The van der Waals surface area contributed by atoms with Crippen molar-refractivity contribution < 1.29 is 17.9 Å². The first-order valence-corrected chi connectivity index (χ1v) is 4.94. The third-order valence-corrected chi connectivity index (χ3v) is 2.25. The van der Waals surface area contributed by atoms with Crippen LogP contribution in [0.15, 0.2) is 12.1 Å². The highest BCUT2D eigenvalue weighted by molar-refractivity contribution is 5.39. The monoisotopic (exact) mass is 233 g/mol. The van der Waals surface area contributed by atoms with Gasteiger partial charge >= 0.3 is 0 Å². The maximum absolute atomic E-state index is 13.4. The van der Waals surface area contributed by atoms with Gasteiger partial charge in [0.15, 0.2) is 11.6 Å². The molecule has 0 aliphatic heterocycles. The molecule has 0 aliphatic rings. The molecular weight excluding hydrogens is 219 g/mol. The predicted octanol–water partition coefficient (Wildman–Crippen LogP) is 2.66. The van der Waals surface area contributed by atoms with Gasteiger partial charge in [0.2, 0.25) is 0 Å². The Labute approximate surface area is 92.2 Å². The maximum Gasteiger partial charge on any atom is 0.263 e. The van der Waals surface area contributed by atoms with Crippen LogP contribution in [0.25, 0.3) is 0 Å². The summed E-state index contributed by atoms with van der Waals surface area (Å²) in [5, 5.41) is 0. The van der Waals surface area contributed by atoms with Crippen molar-refractivity contribution in [3.05, 3.63) is 29.1 Å². The molecule has 0 atom stereocenters. The van der Waals surface area contributed by atoms with E-state index in [2.05, 4.69) is 0 Å². The molecule has 0 radical (unpaired) electrons. The molecule has 0 spiro atoms. The Bertz CT molecular complexity index is 355. The third kappa shape index (κ3) is 2.88. The molecule has 0 aromatic heterocycles. The second kappa shape index (κ2) is 5.75. The Morgan fingerprint density at radius 2 is 2.06 bits per heavy atom. The van der Waals surface area contributed by atoms with E-state index in [1.807, 2.05) is 0 Å². The predicted molar refractivity (Wildman–Crippen MR) is 55.3 cm³/mol. The quantitative estimate of drug-likeness (QED) is 0.848. The summed E-state index contributed by atoms with van der Waals surface area (Å²) in [7, 11) is 1.31. The van der Waals surface area contributed by atoms with E-state index in [0.717, 1.165) is 6.07 Å². The van der Waals surface area contributed by atoms with Crippen molar-refractivity contribution in [3.63, 3.8) is 0 Å². The molecule has 0 bridgehead atoms. The van der Waals surface area contributed by atoms with Crippen LogP contribution in [0.4, 0.5) is 13.2 Å². The molecule has 0 heterocycles. The average molecular weight is 233 g/mol.